The summed E-state index contributed by atoms with van der Waals surface area (Å²) in [7, 11) is 1.74. The molecule has 4 atom stereocenters. The highest BCUT2D eigenvalue weighted by Gasteiger charge is 2.40. The number of nitrogens with one attached hydrogen (secondary N) is 3. The monoisotopic (exact) mass is 783 g/mol. The fraction of sp³-hybridized carbons (Fsp3) is 0.463. The van der Waals surface area contributed by atoms with Crippen LogP contribution in [0.5, 0.6) is 23.0 Å². The van der Waals surface area contributed by atoms with E-state index in [1.807, 2.05) is 0 Å². The fourth-order valence-corrected chi connectivity index (χ4v) is 7.12. The number of hydrogen-bond acceptors (Lipinski definition) is 10. The number of hydrogen-bond donors (Lipinski definition) is 3. The Labute approximate surface area is 348 Å². The van der Waals surface area contributed by atoms with Gasteiger partial charge in [0.05, 0.1) is 40.9 Å². The van der Waals surface area contributed by atoms with Crippen molar-refractivity contribution in [3.63, 3.8) is 0 Å². The minimum absolute atomic E-state index is 0.0583. The van der Waals surface area contributed by atoms with Crippen LogP contribution in [-0.4, -0.2) is 94.9 Å². The molecule has 0 bridgehead atoms. The summed E-state index contributed by atoms with van der Waals surface area (Å²) in [5.74, 6) is -9.12. The molecule has 2 saturated heterocycles. The van der Waals surface area contributed by atoms with E-state index in [0.29, 0.717) is 70.4 Å². The van der Waals surface area contributed by atoms with Crippen molar-refractivity contribution in [2.75, 3.05) is 27.3 Å². The van der Waals surface area contributed by atoms with Gasteiger partial charge in [0.25, 0.3) is 0 Å². The quantitative estimate of drug-likeness (QED) is 0.160. The lowest BCUT2D eigenvalue weighted by Gasteiger charge is -2.31. The number of alkyl carbamates (subject to hydrolysis) is 2. The number of H-pyrrole nitrogens is 1. The molecule has 0 unspecified atom stereocenters. The number of nitrogens with zero attached hydrogens (tertiary/aromatic N) is 4. The first-order valence-electron chi connectivity index (χ1n) is 25.6. The minimum Gasteiger partial charge on any atom is -0.453 e. The van der Waals surface area contributed by atoms with Crippen LogP contribution in [0.4, 0.5) is 9.59 Å². The molecule has 5 heterocycles. The molecule has 0 aliphatic carbocycles. The molecule has 4 aliphatic heterocycles. The maximum absolute atomic E-state index is 14.2. The molecule has 7 rings (SSSR count). The standard InChI is InChI=1S/C41H49N7O8/c1-22(2)35(45-40(51)53-5)38(49)47-15-7-9-29(47)27-17-26(20-42-27)24-11-13-31-33(18-24)55-32-14-12-25(19-34(32)56-31)28-21-43-37(44-28)30-10-8-16-48(30)39(50)36(23(3)4)46-41(52)54-6/h11-14,18-23,29-30,35-36H,7-10,15-17H2,1-6H3,(H,43,44)(H,45,51)(H,46,52)/t29-,30-,35-,36-/m0/s1/i1D3,2D3,3D3,4D3,22D,23D,35D,36D. The maximum atomic E-state index is 14.2. The van der Waals surface area contributed by atoms with Crippen LogP contribution in [0.15, 0.2) is 53.8 Å². The average molecular weight is 784 g/mol. The van der Waals surface area contributed by atoms with E-state index in [1.54, 1.807) is 53.2 Å². The van der Waals surface area contributed by atoms with E-state index >= 15 is 0 Å². The Balaban J connectivity index is 1.06. The molecule has 15 nitrogen and oxygen atoms in total. The van der Waals surface area contributed by atoms with Gasteiger partial charge in [0.15, 0.2) is 23.0 Å². The molecule has 15 heteroatoms. The van der Waals surface area contributed by atoms with Gasteiger partial charge in [-0.15, -0.1) is 0 Å². The van der Waals surface area contributed by atoms with Crippen molar-refractivity contribution >= 4 is 35.3 Å². The van der Waals surface area contributed by atoms with E-state index in [4.69, 9.17) is 31.4 Å². The van der Waals surface area contributed by atoms with E-state index in [-0.39, 0.29) is 31.8 Å². The summed E-state index contributed by atoms with van der Waals surface area (Å²) in [5, 5.41) is 3.51. The topological polar surface area (TPSA) is 177 Å². The lowest BCUT2D eigenvalue weighted by Crippen LogP contribution is -2.53. The van der Waals surface area contributed by atoms with Gasteiger partial charge in [0.2, 0.25) is 11.8 Å². The van der Waals surface area contributed by atoms with Gasteiger partial charge in [-0.25, -0.2) is 14.6 Å². The lowest BCUT2D eigenvalue weighted by molar-refractivity contribution is -0.135. The second-order valence-corrected chi connectivity index (χ2v) is 13.2. The van der Waals surface area contributed by atoms with Gasteiger partial charge in [-0.3, -0.25) is 14.6 Å². The molecule has 4 amide bonds. The number of imidazole rings is 1. The number of fused-ring (bicyclic) bond motifs is 2. The Kier molecular flexibility index (Phi) is 6.68. The number of allylic oxidation sites excluding steroid dienone is 1. The van der Waals surface area contributed by atoms with Crippen LogP contribution >= 0.6 is 0 Å². The van der Waals surface area contributed by atoms with E-state index in [9.17, 15) is 19.2 Å². The van der Waals surface area contributed by atoms with Gasteiger partial charge >= 0.3 is 12.2 Å². The summed E-state index contributed by atoms with van der Waals surface area (Å²) >= 11 is 0. The number of methoxy groups -OCH3 is 2. The van der Waals surface area contributed by atoms with Crippen LogP contribution < -0.4 is 20.1 Å². The number of benzene rings is 2. The number of carbonyl (C=O) groups is 4. The van der Waals surface area contributed by atoms with E-state index in [2.05, 4.69) is 24.4 Å². The molecule has 0 radical (unpaired) electrons. The highest BCUT2D eigenvalue weighted by Crippen LogP contribution is 2.48. The summed E-state index contributed by atoms with van der Waals surface area (Å²) in [5.41, 5.74) is 2.70. The molecule has 1 aromatic heterocycles. The van der Waals surface area contributed by atoms with E-state index in [1.165, 1.54) is 6.20 Å². The predicted molar refractivity (Wildman–Crippen MR) is 207 cm³/mol. The van der Waals surface area contributed by atoms with Crippen molar-refractivity contribution in [1.82, 2.24) is 30.4 Å². The second kappa shape index (κ2) is 16.1. The SMILES string of the molecule is [2H]C([2H])([2H])C([2H])(C([2H])([2H])[2H])[C@]([2H])(NC(=O)OC)C(=O)N1CCC[C@H]1C1=NC=C(c2ccc3c(c2)Oc2ccc(-c4cnc([C@@H]5CCCN5C(=O)[C@@]([2H])(NC(=O)OC)C([2H])(C([2H])([2H])[2H])C([2H])([2H])[2H])[nH]4)cc2O3)C1. The van der Waals surface area contributed by atoms with Crippen LogP contribution in [0.3, 0.4) is 0 Å². The smallest absolute Gasteiger partial charge is 0.407 e. The number of rotatable bonds is 10. The molecule has 296 valence electrons. The highest BCUT2D eigenvalue weighted by molar-refractivity contribution is 6.04. The Bertz CT molecular complexity index is 2700. The third-order valence-corrected chi connectivity index (χ3v) is 9.84. The van der Waals surface area contributed by atoms with Gasteiger partial charge in [0.1, 0.15) is 17.9 Å². The zero-order valence-corrected chi connectivity index (χ0v) is 30.3. The zero-order valence-electron chi connectivity index (χ0n) is 46.3. The lowest BCUT2D eigenvalue weighted by atomic mass is 9.97. The normalized spacial score (nSPS) is 26.2. The summed E-state index contributed by atoms with van der Waals surface area (Å²) in [6.07, 6.45) is 1.39. The molecular weight excluding hydrogens is 718 g/mol. The van der Waals surface area contributed by atoms with Crippen LogP contribution in [0.25, 0.3) is 16.8 Å². The van der Waals surface area contributed by atoms with Gasteiger partial charge in [0, 0.05) is 56.2 Å². The zero-order chi connectivity index (χ0) is 53.4. The Morgan fingerprint density at radius 1 is 0.821 bits per heavy atom. The molecular formula is C41H49N7O8. The van der Waals surface area contributed by atoms with Gasteiger partial charge in [-0.05, 0) is 78.9 Å². The predicted octanol–water partition coefficient (Wildman–Crippen LogP) is 6.58. The van der Waals surface area contributed by atoms with Gasteiger partial charge < -0.3 is 44.4 Å². The number of aromatic amines is 1. The summed E-state index contributed by atoms with van der Waals surface area (Å²) in [6.45, 7) is -15.2. The van der Waals surface area contributed by atoms with Crippen LogP contribution in [-0.2, 0) is 19.1 Å². The van der Waals surface area contributed by atoms with Crippen molar-refractivity contribution in [2.24, 2.45) is 16.8 Å². The Morgan fingerprint density at radius 3 is 1.96 bits per heavy atom. The first kappa shape index (κ1) is 23.3. The highest BCUT2D eigenvalue weighted by atomic mass is 16.6. The molecule has 2 fully saturated rings. The first-order chi connectivity index (χ1) is 33.3. The number of aromatic nitrogens is 2. The van der Waals surface area contributed by atoms with Crippen LogP contribution in [0, 0.1) is 11.8 Å². The maximum Gasteiger partial charge on any atom is 0.407 e. The van der Waals surface area contributed by atoms with Crippen molar-refractivity contribution in [3.8, 4) is 34.3 Å². The molecule has 0 saturated carbocycles. The number of likely N-dealkylation sites (tertiary alicyclic amines) is 2. The molecule has 0 spiro atoms. The minimum atomic E-state index is -3.85. The van der Waals surface area contributed by atoms with E-state index < -0.39 is 87.3 Å². The summed E-state index contributed by atoms with van der Waals surface area (Å²) < 4.78 is 152. The first-order valence-corrected chi connectivity index (χ1v) is 17.6. The largest absolute Gasteiger partial charge is 0.453 e. The van der Waals surface area contributed by atoms with Gasteiger partial charge in [-0.2, -0.15) is 0 Å². The van der Waals surface area contributed by atoms with Crippen LogP contribution in [0.2, 0.25) is 0 Å². The number of amides is 4. The average Bonchev–Trinajstić information content (AvgIpc) is 4.15. The fourth-order valence-electron chi connectivity index (χ4n) is 7.12. The molecule has 2 aromatic carbocycles. The van der Waals surface area contributed by atoms with Crippen molar-refractivity contribution < 1.29 is 60.1 Å². The van der Waals surface area contributed by atoms with Crippen molar-refractivity contribution in [2.45, 2.75) is 83.6 Å². The molecule has 3 N–H and O–H groups in total. The number of carbonyl (C=O) groups excluding carboxylic acids is 4. The number of ether oxygens (including phenoxy) is 4. The van der Waals surface area contributed by atoms with Crippen molar-refractivity contribution in [1.29, 1.82) is 0 Å². The van der Waals surface area contributed by atoms with Gasteiger partial charge in [-0.1, -0.05) is 33.5 Å². The Hall–Kier alpha value is -5.86. The summed E-state index contributed by atoms with van der Waals surface area (Å²) in [4.78, 5) is 67.5. The Morgan fingerprint density at radius 2 is 1.38 bits per heavy atom. The molecule has 4 aliphatic rings. The number of aliphatic imine (C=N–C) groups is 1. The summed E-state index contributed by atoms with van der Waals surface area (Å²) in [6, 6.07) is 1.11. The molecule has 56 heavy (non-hydrogen) atoms. The van der Waals surface area contributed by atoms with Crippen molar-refractivity contribution in [3.05, 3.63) is 60.2 Å². The second-order valence-electron chi connectivity index (χ2n) is 13.2. The molecule has 3 aromatic rings. The van der Waals surface area contributed by atoms with Crippen LogP contribution in [0.1, 0.15) is 98.9 Å². The third-order valence-electron chi connectivity index (χ3n) is 9.84. The third kappa shape index (κ3) is 7.66. The van der Waals surface area contributed by atoms with E-state index in [0.717, 1.165) is 24.0 Å².